The van der Waals surface area contributed by atoms with E-state index in [1.165, 1.54) is 5.56 Å². The van der Waals surface area contributed by atoms with Crippen molar-refractivity contribution in [2.45, 2.75) is 38.6 Å². The minimum absolute atomic E-state index is 0.185. The van der Waals surface area contributed by atoms with Gasteiger partial charge in [0.05, 0.1) is 11.4 Å². The highest BCUT2D eigenvalue weighted by Crippen LogP contribution is 2.34. The maximum absolute atomic E-state index is 12.7. The standard InChI is InChI=1S/C21H28N6O/c1-13(2)14-5-6-17-18(11-14)24-20(28)16-12-22-21(25-19(16)23-17)27(4)15-7-9-26(3)10-8-15/h5-6,11-13,15H,7-10H2,1-4H3,(H,24,28)(H,22,23,25). The van der Waals surface area contributed by atoms with Crippen LogP contribution in [0.3, 0.4) is 0 Å². The molecule has 0 unspecified atom stereocenters. The molecule has 1 fully saturated rings. The summed E-state index contributed by atoms with van der Waals surface area (Å²) in [5, 5.41) is 6.33. The SMILES string of the molecule is CC(C)c1ccc2c(c1)NC(=O)c1cnc(N(C)C3CCN(C)CC3)nc1N2. The molecule has 0 bridgehead atoms. The summed E-state index contributed by atoms with van der Waals surface area (Å²) in [5.41, 5.74) is 3.27. The van der Waals surface area contributed by atoms with Crippen LogP contribution in [0.2, 0.25) is 0 Å². The summed E-state index contributed by atoms with van der Waals surface area (Å²) in [6, 6.07) is 6.52. The van der Waals surface area contributed by atoms with Crippen LogP contribution >= 0.6 is 0 Å². The predicted molar refractivity (Wildman–Crippen MR) is 113 cm³/mol. The number of hydrogen-bond donors (Lipinski definition) is 2. The van der Waals surface area contributed by atoms with Crippen molar-refractivity contribution < 1.29 is 4.79 Å². The van der Waals surface area contributed by atoms with E-state index in [4.69, 9.17) is 4.98 Å². The first-order valence-corrected chi connectivity index (χ1v) is 9.93. The fraction of sp³-hybridized carbons (Fsp3) is 0.476. The van der Waals surface area contributed by atoms with Gasteiger partial charge in [-0.05, 0) is 56.6 Å². The van der Waals surface area contributed by atoms with E-state index in [0.29, 0.717) is 29.3 Å². The molecule has 7 nitrogen and oxygen atoms in total. The van der Waals surface area contributed by atoms with Gasteiger partial charge in [-0.15, -0.1) is 0 Å². The van der Waals surface area contributed by atoms with Crippen LogP contribution in [-0.2, 0) is 0 Å². The quantitative estimate of drug-likeness (QED) is 0.850. The van der Waals surface area contributed by atoms with Crippen LogP contribution < -0.4 is 15.5 Å². The summed E-state index contributed by atoms with van der Waals surface area (Å²) < 4.78 is 0. The first-order chi connectivity index (χ1) is 13.4. The van der Waals surface area contributed by atoms with Crippen molar-refractivity contribution in [3.63, 3.8) is 0 Å². The Labute approximate surface area is 166 Å². The van der Waals surface area contributed by atoms with E-state index in [2.05, 4.69) is 52.4 Å². The zero-order valence-electron chi connectivity index (χ0n) is 17.0. The average molecular weight is 380 g/mol. The molecule has 2 N–H and O–H groups in total. The topological polar surface area (TPSA) is 73.4 Å². The average Bonchev–Trinajstić information content (AvgIpc) is 2.82. The van der Waals surface area contributed by atoms with Crippen molar-refractivity contribution in [3.05, 3.63) is 35.5 Å². The Morgan fingerprint density at radius 3 is 2.64 bits per heavy atom. The van der Waals surface area contributed by atoms with Gasteiger partial charge in [-0.3, -0.25) is 4.79 Å². The van der Waals surface area contributed by atoms with Crippen LogP contribution in [0.5, 0.6) is 0 Å². The van der Waals surface area contributed by atoms with Crippen molar-refractivity contribution in [3.8, 4) is 0 Å². The van der Waals surface area contributed by atoms with Crippen molar-refractivity contribution in [1.29, 1.82) is 0 Å². The van der Waals surface area contributed by atoms with E-state index in [0.717, 1.165) is 37.3 Å². The Kier molecular flexibility index (Phi) is 4.93. The van der Waals surface area contributed by atoms with Crippen LogP contribution in [0.1, 0.15) is 48.5 Å². The maximum atomic E-state index is 12.7. The molecule has 28 heavy (non-hydrogen) atoms. The Hall–Kier alpha value is -2.67. The number of amides is 1. The number of benzene rings is 1. The summed E-state index contributed by atoms with van der Waals surface area (Å²) in [5.74, 6) is 1.41. The number of fused-ring (bicyclic) bond motifs is 2. The molecule has 2 aromatic rings. The second-order valence-electron chi connectivity index (χ2n) is 8.12. The molecule has 0 radical (unpaired) electrons. The van der Waals surface area contributed by atoms with Gasteiger partial charge in [0, 0.05) is 19.3 Å². The maximum Gasteiger partial charge on any atom is 0.261 e. The highest BCUT2D eigenvalue weighted by atomic mass is 16.1. The lowest BCUT2D eigenvalue weighted by Gasteiger charge is -2.35. The lowest BCUT2D eigenvalue weighted by Crippen LogP contribution is -2.42. The van der Waals surface area contributed by atoms with E-state index in [9.17, 15) is 4.79 Å². The minimum Gasteiger partial charge on any atom is -0.341 e. The molecule has 148 valence electrons. The van der Waals surface area contributed by atoms with Gasteiger partial charge < -0.3 is 20.4 Å². The van der Waals surface area contributed by atoms with Gasteiger partial charge in [0.25, 0.3) is 5.91 Å². The van der Waals surface area contributed by atoms with Crippen LogP contribution in [0, 0.1) is 0 Å². The zero-order chi connectivity index (χ0) is 19.8. The Morgan fingerprint density at radius 1 is 1.18 bits per heavy atom. The third-order valence-corrected chi connectivity index (χ3v) is 5.78. The van der Waals surface area contributed by atoms with Gasteiger partial charge in [-0.25, -0.2) is 4.98 Å². The normalized spacial score (nSPS) is 17.4. The Bertz CT molecular complexity index is 888. The van der Waals surface area contributed by atoms with Gasteiger partial charge in [0.2, 0.25) is 5.95 Å². The van der Waals surface area contributed by atoms with Crippen LogP contribution in [0.4, 0.5) is 23.1 Å². The summed E-state index contributed by atoms with van der Waals surface area (Å²) in [6.07, 6.45) is 3.80. The molecule has 2 aliphatic rings. The summed E-state index contributed by atoms with van der Waals surface area (Å²) in [7, 11) is 4.19. The summed E-state index contributed by atoms with van der Waals surface area (Å²) in [6.45, 7) is 6.43. The number of carbonyl (C=O) groups is 1. The number of nitrogens with one attached hydrogen (secondary N) is 2. The third kappa shape index (κ3) is 3.54. The fourth-order valence-electron chi connectivity index (χ4n) is 3.80. The molecular weight excluding hydrogens is 352 g/mol. The molecule has 1 aromatic carbocycles. The molecule has 1 aromatic heterocycles. The number of anilines is 4. The highest BCUT2D eigenvalue weighted by Gasteiger charge is 2.26. The molecule has 0 saturated carbocycles. The van der Waals surface area contributed by atoms with Gasteiger partial charge in [0.1, 0.15) is 11.4 Å². The van der Waals surface area contributed by atoms with Gasteiger partial charge in [-0.2, -0.15) is 4.98 Å². The fourth-order valence-corrected chi connectivity index (χ4v) is 3.80. The Balaban J connectivity index is 1.63. The number of rotatable bonds is 3. The largest absolute Gasteiger partial charge is 0.341 e. The Morgan fingerprint density at radius 2 is 1.93 bits per heavy atom. The second kappa shape index (κ2) is 7.39. The number of carbonyl (C=O) groups excluding carboxylic acids is 1. The van der Waals surface area contributed by atoms with Gasteiger partial charge in [0.15, 0.2) is 0 Å². The minimum atomic E-state index is -0.185. The molecule has 0 spiro atoms. The molecular formula is C21H28N6O. The van der Waals surface area contributed by atoms with Crippen molar-refractivity contribution in [2.75, 3.05) is 42.7 Å². The smallest absolute Gasteiger partial charge is 0.261 e. The highest BCUT2D eigenvalue weighted by molar-refractivity contribution is 6.11. The van der Waals surface area contributed by atoms with E-state index in [1.54, 1.807) is 6.20 Å². The summed E-state index contributed by atoms with van der Waals surface area (Å²) in [4.78, 5) is 26.4. The molecule has 1 saturated heterocycles. The predicted octanol–water partition coefficient (Wildman–Crippen LogP) is 3.44. The van der Waals surface area contributed by atoms with E-state index < -0.39 is 0 Å². The van der Waals surface area contributed by atoms with Crippen LogP contribution in [-0.4, -0.2) is 54.0 Å². The monoisotopic (exact) mass is 380 g/mol. The second-order valence-corrected chi connectivity index (χ2v) is 8.12. The lowest BCUT2D eigenvalue weighted by molar-refractivity contribution is 0.102. The first kappa shape index (κ1) is 18.7. The van der Waals surface area contributed by atoms with Crippen LogP contribution in [0.25, 0.3) is 0 Å². The molecule has 0 atom stereocenters. The third-order valence-electron chi connectivity index (χ3n) is 5.78. The molecule has 7 heteroatoms. The van der Waals surface area contributed by atoms with E-state index >= 15 is 0 Å². The molecule has 3 heterocycles. The number of piperidine rings is 1. The van der Waals surface area contributed by atoms with Gasteiger partial charge >= 0.3 is 0 Å². The number of likely N-dealkylation sites (tertiary alicyclic amines) is 1. The first-order valence-electron chi connectivity index (χ1n) is 9.93. The van der Waals surface area contributed by atoms with E-state index in [1.807, 2.05) is 19.2 Å². The number of nitrogens with zero attached hydrogens (tertiary/aromatic N) is 4. The van der Waals surface area contributed by atoms with Gasteiger partial charge in [-0.1, -0.05) is 19.9 Å². The molecule has 4 rings (SSSR count). The lowest BCUT2D eigenvalue weighted by atomic mass is 10.0. The molecule has 0 aliphatic carbocycles. The number of hydrogen-bond acceptors (Lipinski definition) is 6. The van der Waals surface area contributed by atoms with Crippen molar-refractivity contribution in [1.82, 2.24) is 14.9 Å². The van der Waals surface area contributed by atoms with Crippen molar-refractivity contribution in [2.24, 2.45) is 0 Å². The zero-order valence-corrected chi connectivity index (χ0v) is 17.0. The number of aromatic nitrogens is 2. The van der Waals surface area contributed by atoms with E-state index in [-0.39, 0.29) is 5.91 Å². The van der Waals surface area contributed by atoms with Crippen molar-refractivity contribution >= 4 is 29.0 Å². The molecule has 1 amide bonds. The van der Waals surface area contributed by atoms with Crippen LogP contribution in [0.15, 0.2) is 24.4 Å². The molecule has 2 aliphatic heterocycles. The summed E-state index contributed by atoms with van der Waals surface area (Å²) >= 11 is 0.